The summed E-state index contributed by atoms with van der Waals surface area (Å²) < 4.78 is 5.39. The van der Waals surface area contributed by atoms with Crippen LogP contribution in [0.5, 0.6) is 5.75 Å². The molecule has 0 amide bonds. The standard InChI is InChI=1S/C15H19N3OS/c1-10(2)11-5-7-12(8-6-11)20-15-13(19-4)14(16-3)17-9-18-15/h5-10H,1-4H3,(H,16,17,18). The normalized spacial score (nSPS) is 10.7. The fourth-order valence-electron chi connectivity index (χ4n) is 1.82. The van der Waals surface area contributed by atoms with E-state index < -0.39 is 0 Å². The molecule has 1 aromatic carbocycles. The van der Waals surface area contributed by atoms with Crippen molar-refractivity contribution in [3.8, 4) is 5.75 Å². The lowest BCUT2D eigenvalue weighted by molar-refractivity contribution is 0.400. The molecule has 0 radical (unpaired) electrons. The monoisotopic (exact) mass is 289 g/mol. The summed E-state index contributed by atoms with van der Waals surface area (Å²) in [6.07, 6.45) is 1.54. The molecule has 0 saturated carbocycles. The zero-order valence-electron chi connectivity index (χ0n) is 12.2. The van der Waals surface area contributed by atoms with Crippen molar-refractivity contribution in [3.05, 3.63) is 36.2 Å². The second-order valence-electron chi connectivity index (χ2n) is 4.64. The molecule has 0 aliphatic carbocycles. The largest absolute Gasteiger partial charge is 0.490 e. The first-order valence-electron chi connectivity index (χ1n) is 6.50. The first kappa shape index (κ1) is 14.7. The highest BCUT2D eigenvalue weighted by molar-refractivity contribution is 7.99. The van der Waals surface area contributed by atoms with Gasteiger partial charge in [-0.25, -0.2) is 9.97 Å². The van der Waals surface area contributed by atoms with Crippen molar-refractivity contribution < 1.29 is 4.74 Å². The third kappa shape index (κ3) is 3.22. The smallest absolute Gasteiger partial charge is 0.194 e. The van der Waals surface area contributed by atoms with E-state index in [1.54, 1.807) is 25.2 Å². The number of rotatable bonds is 5. The Labute approximate surface area is 124 Å². The molecule has 0 saturated heterocycles. The Hall–Kier alpha value is -1.75. The van der Waals surface area contributed by atoms with Gasteiger partial charge in [0, 0.05) is 11.9 Å². The van der Waals surface area contributed by atoms with Gasteiger partial charge in [-0.15, -0.1) is 0 Å². The van der Waals surface area contributed by atoms with Gasteiger partial charge < -0.3 is 10.1 Å². The summed E-state index contributed by atoms with van der Waals surface area (Å²) in [6.45, 7) is 4.38. The van der Waals surface area contributed by atoms with Crippen LogP contribution in [-0.4, -0.2) is 24.1 Å². The zero-order chi connectivity index (χ0) is 14.5. The number of hydrogen-bond donors (Lipinski definition) is 1. The summed E-state index contributed by atoms with van der Waals surface area (Å²) in [5, 5.41) is 3.82. The molecule has 2 rings (SSSR count). The average molecular weight is 289 g/mol. The van der Waals surface area contributed by atoms with E-state index >= 15 is 0 Å². The number of hydrogen-bond acceptors (Lipinski definition) is 5. The molecule has 5 heteroatoms. The molecule has 0 unspecified atom stereocenters. The van der Waals surface area contributed by atoms with Gasteiger partial charge in [0.2, 0.25) is 0 Å². The molecule has 20 heavy (non-hydrogen) atoms. The molecule has 2 aromatic rings. The Balaban J connectivity index is 2.25. The molecular formula is C15H19N3OS. The Bertz CT molecular complexity index is 570. The minimum absolute atomic E-state index is 0.540. The Morgan fingerprint density at radius 1 is 1.15 bits per heavy atom. The first-order chi connectivity index (χ1) is 9.65. The highest BCUT2D eigenvalue weighted by Gasteiger charge is 2.12. The lowest BCUT2D eigenvalue weighted by Gasteiger charge is -2.11. The van der Waals surface area contributed by atoms with E-state index in [0.717, 1.165) is 9.92 Å². The molecule has 0 fully saturated rings. The summed E-state index contributed by atoms with van der Waals surface area (Å²) >= 11 is 1.57. The van der Waals surface area contributed by atoms with Crippen LogP contribution in [0, 0.1) is 0 Å². The van der Waals surface area contributed by atoms with Gasteiger partial charge in [0.25, 0.3) is 0 Å². The highest BCUT2D eigenvalue weighted by Crippen LogP contribution is 2.36. The van der Waals surface area contributed by atoms with Gasteiger partial charge >= 0.3 is 0 Å². The predicted octanol–water partition coefficient (Wildman–Crippen LogP) is 3.80. The van der Waals surface area contributed by atoms with Gasteiger partial charge in [-0.3, -0.25) is 0 Å². The second kappa shape index (κ2) is 6.61. The fraction of sp³-hybridized carbons (Fsp3) is 0.333. The summed E-state index contributed by atoms with van der Waals surface area (Å²) in [7, 11) is 3.45. The Kier molecular flexibility index (Phi) is 4.84. The maximum absolute atomic E-state index is 5.39. The zero-order valence-corrected chi connectivity index (χ0v) is 13.0. The van der Waals surface area contributed by atoms with E-state index in [4.69, 9.17) is 4.74 Å². The van der Waals surface area contributed by atoms with Crippen LogP contribution >= 0.6 is 11.8 Å². The van der Waals surface area contributed by atoms with Crippen molar-refractivity contribution in [1.82, 2.24) is 9.97 Å². The molecule has 0 bridgehead atoms. The van der Waals surface area contributed by atoms with Crippen molar-refractivity contribution >= 4 is 17.6 Å². The molecule has 0 atom stereocenters. The van der Waals surface area contributed by atoms with Gasteiger partial charge in [0.05, 0.1) is 7.11 Å². The third-order valence-corrected chi connectivity index (χ3v) is 3.97. The van der Waals surface area contributed by atoms with Crippen LogP contribution < -0.4 is 10.1 Å². The number of methoxy groups -OCH3 is 1. The topological polar surface area (TPSA) is 47.0 Å². The molecule has 0 aliphatic rings. The number of aromatic nitrogens is 2. The van der Waals surface area contributed by atoms with Crippen molar-refractivity contribution in [3.63, 3.8) is 0 Å². The maximum Gasteiger partial charge on any atom is 0.194 e. The minimum Gasteiger partial charge on any atom is -0.490 e. The third-order valence-electron chi connectivity index (χ3n) is 2.97. The molecule has 1 N–H and O–H groups in total. The maximum atomic E-state index is 5.39. The van der Waals surface area contributed by atoms with Gasteiger partial charge in [-0.1, -0.05) is 37.7 Å². The van der Waals surface area contributed by atoms with Crippen LogP contribution in [-0.2, 0) is 0 Å². The number of ether oxygens (including phenoxy) is 1. The predicted molar refractivity (Wildman–Crippen MR) is 82.8 cm³/mol. The summed E-state index contributed by atoms with van der Waals surface area (Å²) in [6, 6.07) is 8.53. The van der Waals surface area contributed by atoms with E-state index in [1.807, 2.05) is 7.05 Å². The average Bonchev–Trinajstić information content (AvgIpc) is 2.47. The minimum atomic E-state index is 0.540. The SMILES string of the molecule is CNc1ncnc(Sc2ccc(C(C)C)cc2)c1OC. The number of anilines is 1. The Morgan fingerprint density at radius 2 is 1.85 bits per heavy atom. The van der Waals surface area contributed by atoms with Crippen LogP contribution in [0.15, 0.2) is 40.5 Å². The van der Waals surface area contributed by atoms with Crippen LogP contribution in [0.1, 0.15) is 25.3 Å². The second-order valence-corrected chi connectivity index (χ2v) is 5.70. The summed E-state index contributed by atoms with van der Waals surface area (Å²) in [5.74, 6) is 1.91. The van der Waals surface area contributed by atoms with Crippen LogP contribution in [0.3, 0.4) is 0 Å². The van der Waals surface area contributed by atoms with Gasteiger partial charge in [-0.2, -0.15) is 0 Å². The lowest BCUT2D eigenvalue weighted by atomic mass is 10.0. The van der Waals surface area contributed by atoms with E-state index in [0.29, 0.717) is 17.5 Å². The van der Waals surface area contributed by atoms with Crippen LogP contribution in [0.25, 0.3) is 0 Å². The molecular weight excluding hydrogens is 270 g/mol. The Morgan fingerprint density at radius 3 is 2.40 bits per heavy atom. The first-order valence-corrected chi connectivity index (χ1v) is 7.32. The van der Waals surface area contributed by atoms with Crippen molar-refractivity contribution in [2.75, 3.05) is 19.5 Å². The summed E-state index contributed by atoms with van der Waals surface area (Å²) in [4.78, 5) is 9.58. The van der Waals surface area contributed by atoms with E-state index in [1.165, 1.54) is 5.56 Å². The van der Waals surface area contributed by atoms with Crippen LogP contribution in [0.4, 0.5) is 5.82 Å². The summed E-state index contributed by atoms with van der Waals surface area (Å²) in [5.41, 5.74) is 1.33. The van der Waals surface area contributed by atoms with Crippen molar-refractivity contribution in [2.24, 2.45) is 0 Å². The number of benzene rings is 1. The molecule has 1 heterocycles. The van der Waals surface area contributed by atoms with Gasteiger partial charge in [0.15, 0.2) is 11.6 Å². The lowest BCUT2D eigenvalue weighted by Crippen LogP contribution is -1.99. The molecule has 1 aromatic heterocycles. The van der Waals surface area contributed by atoms with Crippen LogP contribution in [0.2, 0.25) is 0 Å². The number of nitrogens with one attached hydrogen (secondary N) is 1. The van der Waals surface area contributed by atoms with Gasteiger partial charge in [-0.05, 0) is 23.6 Å². The molecule has 4 nitrogen and oxygen atoms in total. The molecule has 0 spiro atoms. The van der Waals surface area contributed by atoms with E-state index in [2.05, 4.69) is 53.4 Å². The van der Waals surface area contributed by atoms with E-state index in [-0.39, 0.29) is 0 Å². The number of nitrogens with zero attached hydrogens (tertiary/aromatic N) is 2. The van der Waals surface area contributed by atoms with Gasteiger partial charge in [0.1, 0.15) is 11.4 Å². The quantitative estimate of drug-likeness (QED) is 0.848. The van der Waals surface area contributed by atoms with E-state index in [9.17, 15) is 0 Å². The molecule has 106 valence electrons. The van der Waals surface area contributed by atoms with Crippen molar-refractivity contribution in [2.45, 2.75) is 29.7 Å². The fourth-order valence-corrected chi connectivity index (χ4v) is 2.69. The van der Waals surface area contributed by atoms with Crippen molar-refractivity contribution in [1.29, 1.82) is 0 Å². The highest BCUT2D eigenvalue weighted by atomic mass is 32.2. The molecule has 0 aliphatic heterocycles.